The lowest BCUT2D eigenvalue weighted by Crippen LogP contribution is -2.26. The minimum atomic E-state index is 0.243. The maximum atomic E-state index is 5.37. The Morgan fingerprint density at radius 1 is 1.14 bits per heavy atom. The number of hydrogen-bond acceptors (Lipinski definition) is 6. The SMILES string of the molecule is COc1cc(C2=NNC(=NC(C)C)SC2)cc(OC)c1OC. The number of amidine groups is 1. The maximum Gasteiger partial charge on any atom is 0.203 e. The summed E-state index contributed by atoms with van der Waals surface area (Å²) in [5, 5.41) is 5.24. The van der Waals surface area contributed by atoms with E-state index in [1.807, 2.05) is 26.0 Å². The van der Waals surface area contributed by atoms with E-state index in [0.29, 0.717) is 17.2 Å². The predicted molar refractivity (Wildman–Crippen MR) is 90.8 cm³/mol. The third-order valence-electron chi connectivity index (χ3n) is 3.01. The average Bonchev–Trinajstić information content (AvgIpc) is 2.53. The van der Waals surface area contributed by atoms with Gasteiger partial charge in [-0.25, -0.2) is 0 Å². The second kappa shape index (κ2) is 7.40. The number of nitrogens with one attached hydrogen (secondary N) is 1. The number of benzene rings is 1. The van der Waals surface area contributed by atoms with E-state index in [1.165, 1.54) is 0 Å². The number of nitrogens with zero attached hydrogens (tertiary/aromatic N) is 2. The number of rotatable bonds is 5. The Bertz CT molecular complexity index is 575. The average molecular weight is 323 g/mol. The van der Waals surface area contributed by atoms with Crippen LogP contribution in [0, 0.1) is 0 Å². The van der Waals surface area contributed by atoms with E-state index in [1.54, 1.807) is 33.1 Å². The molecule has 0 unspecified atom stereocenters. The van der Waals surface area contributed by atoms with Crippen LogP contribution in [0.25, 0.3) is 0 Å². The van der Waals surface area contributed by atoms with E-state index < -0.39 is 0 Å². The minimum absolute atomic E-state index is 0.243. The summed E-state index contributed by atoms with van der Waals surface area (Å²) >= 11 is 1.63. The lowest BCUT2D eigenvalue weighted by Gasteiger charge is -2.18. The Hall–Kier alpha value is -1.89. The van der Waals surface area contributed by atoms with Crippen molar-refractivity contribution in [1.82, 2.24) is 5.43 Å². The van der Waals surface area contributed by atoms with Crippen molar-refractivity contribution in [1.29, 1.82) is 0 Å². The third-order valence-corrected chi connectivity index (χ3v) is 3.89. The summed E-state index contributed by atoms with van der Waals surface area (Å²) in [7, 11) is 4.79. The van der Waals surface area contributed by atoms with E-state index in [-0.39, 0.29) is 6.04 Å². The molecule has 0 fully saturated rings. The van der Waals surface area contributed by atoms with Gasteiger partial charge >= 0.3 is 0 Å². The van der Waals surface area contributed by atoms with Gasteiger partial charge < -0.3 is 14.2 Å². The van der Waals surface area contributed by atoms with Gasteiger partial charge in [0.25, 0.3) is 0 Å². The van der Waals surface area contributed by atoms with Crippen LogP contribution in [0.3, 0.4) is 0 Å². The second-order valence-electron chi connectivity index (χ2n) is 4.90. The van der Waals surface area contributed by atoms with Gasteiger partial charge in [0.05, 0.1) is 27.0 Å². The Kier molecular flexibility index (Phi) is 5.54. The van der Waals surface area contributed by atoms with Crippen LogP contribution in [0.15, 0.2) is 22.2 Å². The van der Waals surface area contributed by atoms with Crippen LogP contribution in [0.2, 0.25) is 0 Å². The predicted octanol–water partition coefficient (Wildman–Crippen LogP) is 2.52. The number of hydrazone groups is 1. The van der Waals surface area contributed by atoms with Crippen LogP contribution in [-0.4, -0.2) is 44.0 Å². The molecule has 0 aromatic heterocycles. The summed E-state index contributed by atoms with van der Waals surface area (Å²) in [5.41, 5.74) is 4.83. The molecule has 1 aliphatic heterocycles. The topological polar surface area (TPSA) is 64.4 Å². The first-order valence-electron chi connectivity index (χ1n) is 6.92. The first-order valence-corrected chi connectivity index (χ1v) is 7.91. The number of methoxy groups -OCH3 is 3. The van der Waals surface area contributed by atoms with Crippen molar-refractivity contribution in [3.63, 3.8) is 0 Å². The zero-order valence-electron chi connectivity index (χ0n) is 13.5. The molecular formula is C15H21N3O3S. The van der Waals surface area contributed by atoms with Crippen LogP contribution >= 0.6 is 11.8 Å². The summed E-state index contributed by atoms with van der Waals surface area (Å²) in [6, 6.07) is 4.04. The van der Waals surface area contributed by atoms with E-state index in [0.717, 1.165) is 22.2 Å². The van der Waals surface area contributed by atoms with E-state index >= 15 is 0 Å². The Morgan fingerprint density at radius 2 is 1.77 bits per heavy atom. The summed E-state index contributed by atoms with van der Waals surface area (Å²) in [4.78, 5) is 4.45. The summed E-state index contributed by atoms with van der Waals surface area (Å²) in [6.07, 6.45) is 0. The van der Waals surface area contributed by atoms with Crippen LogP contribution in [-0.2, 0) is 0 Å². The molecule has 0 aliphatic carbocycles. The van der Waals surface area contributed by atoms with Crippen LogP contribution in [0.1, 0.15) is 19.4 Å². The quantitative estimate of drug-likeness (QED) is 0.902. The number of ether oxygens (including phenoxy) is 3. The van der Waals surface area contributed by atoms with Gasteiger partial charge in [0.15, 0.2) is 16.7 Å². The van der Waals surface area contributed by atoms with Crippen molar-refractivity contribution in [2.24, 2.45) is 10.1 Å². The second-order valence-corrected chi connectivity index (χ2v) is 5.87. The molecule has 1 aliphatic rings. The van der Waals surface area contributed by atoms with Gasteiger partial charge in [-0.3, -0.25) is 10.4 Å². The highest BCUT2D eigenvalue weighted by Crippen LogP contribution is 2.38. The number of aliphatic imine (C=N–C) groups is 1. The Labute approximate surface area is 134 Å². The van der Waals surface area contributed by atoms with E-state index in [9.17, 15) is 0 Å². The first-order chi connectivity index (χ1) is 10.6. The minimum Gasteiger partial charge on any atom is -0.493 e. The highest BCUT2D eigenvalue weighted by molar-refractivity contribution is 8.14. The Balaban J connectivity index is 2.32. The maximum absolute atomic E-state index is 5.37. The molecule has 1 heterocycles. The molecule has 2 rings (SSSR count). The monoisotopic (exact) mass is 323 g/mol. The molecule has 120 valence electrons. The lowest BCUT2D eigenvalue weighted by molar-refractivity contribution is 0.324. The molecule has 0 saturated heterocycles. The molecule has 0 spiro atoms. The molecule has 1 aromatic carbocycles. The van der Waals surface area contributed by atoms with E-state index in [2.05, 4.69) is 15.5 Å². The summed E-state index contributed by atoms with van der Waals surface area (Å²) in [5.74, 6) is 2.54. The zero-order valence-corrected chi connectivity index (χ0v) is 14.3. The molecular weight excluding hydrogens is 302 g/mol. The highest BCUT2D eigenvalue weighted by atomic mass is 32.2. The molecule has 0 atom stereocenters. The van der Waals surface area contributed by atoms with E-state index in [4.69, 9.17) is 14.2 Å². The zero-order chi connectivity index (χ0) is 16.1. The molecule has 0 bridgehead atoms. The first kappa shape index (κ1) is 16.5. The van der Waals surface area contributed by atoms with Crippen molar-refractivity contribution >= 4 is 22.6 Å². The fourth-order valence-electron chi connectivity index (χ4n) is 2.01. The van der Waals surface area contributed by atoms with Gasteiger partial charge in [-0.2, -0.15) is 5.10 Å². The molecule has 6 nitrogen and oxygen atoms in total. The number of thioether (sulfide) groups is 1. The third kappa shape index (κ3) is 3.65. The smallest absolute Gasteiger partial charge is 0.203 e. The highest BCUT2D eigenvalue weighted by Gasteiger charge is 2.19. The fourth-order valence-corrected chi connectivity index (χ4v) is 2.91. The standard InChI is InChI=1S/C15H21N3O3S/c1-9(2)16-15-18-17-11(8-22-15)10-6-12(19-3)14(21-5)13(7-10)20-4/h6-7,9H,8H2,1-5H3,(H,16,18). The van der Waals surface area contributed by atoms with Crippen molar-refractivity contribution in [3.8, 4) is 17.2 Å². The Morgan fingerprint density at radius 3 is 2.18 bits per heavy atom. The van der Waals surface area contributed by atoms with Crippen molar-refractivity contribution in [2.75, 3.05) is 27.1 Å². The van der Waals surface area contributed by atoms with Gasteiger partial charge in [-0.05, 0) is 26.0 Å². The van der Waals surface area contributed by atoms with Crippen LogP contribution in [0.5, 0.6) is 17.2 Å². The summed E-state index contributed by atoms with van der Waals surface area (Å²) < 4.78 is 16.1. The fraction of sp³-hybridized carbons (Fsp3) is 0.467. The molecule has 0 saturated carbocycles. The van der Waals surface area contributed by atoms with Gasteiger partial charge in [-0.15, -0.1) is 0 Å². The molecule has 7 heteroatoms. The van der Waals surface area contributed by atoms with Crippen molar-refractivity contribution in [3.05, 3.63) is 17.7 Å². The normalized spacial score (nSPS) is 16.3. The van der Waals surface area contributed by atoms with Crippen molar-refractivity contribution < 1.29 is 14.2 Å². The van der Waals surface area contributed by atoms with Crippen LogP contribution in [0.4, 0.5) is 0 Å². The lowest BCUT2D eigenvalue weighted by atomic mass is 10.1. The molecule has 1 N–H and O–H groups in total. The molecule has 0 amide bonds. The summed E-state index contributed by atoms with van der Waals surface area (Å²) in [6.45, 7) is 4.07. The van der Waals surface area contributed by atoms with Gasteiger partial charge in [0.2, 0.25) is 5.75 Å². The van der Waals surface area contributed by atoms with Crippen molar-refractivity contribution in [2.45, 2.75) is 19.9 Å². The largest absolute Gasteiger partial charge is 0.493 e. The molecule has 1 aromatic rings. The number of hydrogen-bond donors (Lipinski definition) is 1. The molecule has 22 heavy (non-hydrogen) atoms. The van der Waals surface area contributed by atoms with Gasteiger partial charge in [-0.1, -0.05) is 11.8 Å². The van der Waals surface area contributed by atoms with Crippen LogP contribution < -0.4 is 19.6 Å². The van der Waals surface area contributed by atoms with Gasteiger partial charge in [0.1, 0.15) is 0 Å². The molecule has 0 radical (unpaired) electrons. The van der Waals surface area contributed by atoms with Gasteiger partial charge in [0, 0.05) is 17.4 Å².